The minimum Gasteiger partial charge on any atom is -0.352 e. The van der Waals surface area contributed by atoms with Crippen LogP contribution >= 0.6 is 0 Å². The summed E-state index contributed by atoms with van der Waals surface area (Å²) < 4.78 is 19.2. The number of amides is 2. The van der Waals surface area contributed by atoms with Crippen molar-refractivity contribution in [3.05, 3.63) is 51.9 Å². The van der Waals surface area contributed by atoms with Gasteiger partial charge in [0.2, 0.25) is 11.3 Å². The Morgan fingerprint density at radius 2 is 1.80 bits per heavy atom. The second-order valence-electron chi connectivity index (χ2n) is 10.9. The van der Waals surface area contributed by atoms with Gasteiger partial charge in [-0.3, -0.25) is 18.8 Å². The molecule has 1 aromatic carbocycles. The Kier molecular flexibility index (Phi) is 6.69. The molecule has 210 valence electrons. The molecular weight excluding hydrogens is 513 g/mol. The van der Waals surface area contributed by atoms with E-state index in [1.165, 1.54) is 13.0 Å². The van der Waals surface area contributed by atoms with Crippen LogP contribution in [0.3, 0.4) is 0 Å². The van der Waals surface area contributed by atoms with Crippen LogP contribution in [0.5, 0.6) is 0 Å². The summed E-state index contributed by atoms with van der Waals surface area (Å²) in [5.41, 5.74) is 1.73. The minimum atomic E-state index is -0.628. The number of para-hydroxylation sites is 2. The number of aryl methyl sites for hydroxylation is 1. The zero-order chi connectivity index (χ0) is 28.1. The van der Waals surface area contributed by atoms with Crippen LogP contribution < -0.4 is 15.6 Å². The molecule has 6 rings (SSSR count). The van der Waals surface area contributed by atoms with Crippen molar-refractivity contribution in [3.8, 4) is 0 Å². The van der Waals surface area contributed by atoms with Crippen LogP contribution in [0.4, 0.5) is 10.2 Å². The van der Waals surface area contributed by atoms with E-state index in [2.05, 4.69) is 17.3 Å². The van der Waals surface area contributed by atoms with E-state index >= 15 is 4.39 Å². The highest BCUT2D eigenvalue weighted by molar-refractivity contribution is 6.05. The maximum absolute atomic E-state index is 15.6. The molecule has 0 spiro atoms. The molecule has 4 aromatic rings. The zero-order valence-corrected chi connectivity index (χ0v) is 23.1. The number of pyridine rings is 2. The summed E-state index contributed by atoms with van der Waals surface area (Å²) >= 11 is 0. The second-order valence-corrected chi connectivity index (χ2v) is 10.9. The predicted octanol–water partition coefficient (Wildman–Crippen LogP) is 2.36. The number of halogens is 1. The number of nitrogens with zero attached hydrogens (tertiary/aromatic N) is 6. The number of nitrogens with one attached hydrogen (secondary N) is 1. The average Bonchev–Trinajstić information content (AvgIpc) is 3.49. The summed E-state index contributed by atoms with van der Waals surface area (Å²) in [5.74, 6) is -0.983. The fraction of sp³-hybridized carbons (Fsp3) is 0.448. The quantitative estimate of drug-likeness (QED) is 0.412. The Labute approximate surface area is 231 Å². The van der Waals surface area contributed by atoms with E-state index in [0.717, 1.165) is 36.8 Å². The standard InChI is InChI=1S/C29H34FN7O3/c1-18(38)35-13-15-36(16-14-35)27-21(30)17-20-25(39)24(28(40)31-11-10-19-7-6-12-33(19)2)29-34(3)22-8-4-5-9-23(22)37(29)26(20)32-27/h4-5,8-9,17,19H,6-7,10-16H2,1-3H3,(H,31,40). The van der Waals surface area contributed by atoms with Crippen molar-refractivity contribution in [1.29, 1.82) is 0 Å². The Balaban J connectivity index is 1.47. The Morgan fingerprint density at radius 1 is 1.07 bits per heavy atom. The van der Waals surface area contributed by atoms with E-state index in [9.17, 15) is 14.4 Å². The number of benzene rings is 1. The third-order valence-corrected chi connectivity index (χ3v) is 8.54. The molecule has 2 fully saturated rings. The molecule has 0 saturated carbocycles. The van der Waals surface area contributed by atoms with Crippen LogP contribution in [0.1, 0.15) is 36.5 Å². The third-order valence-electron chi connectivity index (χ3n) is 8.54. The van der Waals surface area contributed by atoms with Gasteiger partial charge in [-0.05, 0) is 51.1 Å². The first-order valence-electron chi connectivity index (χ1n) is 13.9. The van der Waals surface area contributed by atoms with Gasteiger partial charge >= 0.3 is 0 Å². The molecule has 10 nitrogen and oxygen atoms in total. The maximum atomic E-state index is 15.6. The highest BCUT2D eigenvalue weighted by Crippen LogP contribution is 2.28. The summed E-state index contributed by atoms with van der Waals surface area (Å²) in [6.07, 6.45) is 3.03. The van der Waals surface area contributed by atoms with Crippen LogP contribution in [-0.2, 0) is 11.8 Å². The number of carbonyl (C=O) groups is 2. The molecule has 2 aliphatic heterocycles. The van der Waals surface area contributed by atoms with Crippen LogP contribution in [0.2, 0.25) is 0 Å². The largest absolute Gasteiger partial charge is 0.352 e. The highest BCUT2D eigenvalue weighted by atomic mass is 19.1. The maximum Gasteiger partial charge on any atom is 0.259 e. The first kappa shape index (κ1) is 26.2. The van der Waals surface area contributed by atoms with Gasteiger partial charge in [0, 0.05) is 52.7 Å². The number of hydrogen-bond acceptors (Lipinski definition) is 6. The number of rotatable bonds is 5. The van der Waals surface area contributed by atoms with Crippen molar-refractivity contribution >= 4 is 45.3 Å². The number of hydrogen-bond donors (Lipinski definition) is 1. The summed E-state index contributed by atoms with van der Waals surface area (Å²) in [7, 11) is 3.91. The Bertz CT molecular complexity index is 1700. The molecule has 5 heterocycles. The van der Waals surface area contributed by atoms with E-state index in [1.807, 2.05) is 35.9 Å². The number of aromatic nitrogens is 3. The molecular formula is C29H34FN7O3. The van der Waals surface area contributed by atoms with E-state index in [0.29, 0.717) is 50.1 Å². The normalized spacial score (nSPS) is 18.4. The molecule has 40 heavy (non-hydrogen) atoms. The fourth-order valence-electron chi connectivity index (χ4n) is 6.30. The lowest BCUT2D eigenvalue weighted by molar-refractivity contribution is -0.129. The number of anilines is 1. The van der Waals surface area contributed by atoms with Crippen molar-refractivity contribution in [2.75, 3.05) is 51.2 Å². The third kappa shape index (κ3) is 4.28. The number of likely N-dealkylation sites (tertiary alicyclic amines) is 1. The van der Waals surface area contributed by atoms with Crippen molar-refractivity contribution in [3.63, 3.8) is 0 Å². The first-order valence-corrected chi connectivity index (χ1v) is 13.9. The molecule has 2 saturated heterocycles. The lowest BCUT2D eigenvalue weighted by atomic mass is 10.1. The predicted molar refractivity (Wildman–Crippen MR) is 152 cm³/mol. The highest BCUT2D eigenvalue weighted by Gasteiger charge is 2.28. The molecule has 3 aromatic heterocycles. The second kappa shape index (κ2) is 10.2. The lowest BCUT2D eigenvalue weighted by Gasteiger charge is -2.35. The van der Waals surface area contributed by atoms with E-state index in [-0.39, 0.29) is 22.7 Å². The van der Waals surface area contributed by atoms with Gasteiger partial charge in [0.25, 0.3) is 5.91 Å². The van der Waals surface area contributed by atoms with Gasteiger partial charge in [-0.25, -0.2) is 9.37 Å². The first-order chi connectivity index (χ1) is 19.3. The van der Waals surface area contributed by atoms with E-state index in [1.54, 1.807) is 14.2 Å². The Hall–Kier alpha value is -3.99. The van der Waals surface area contributed by atoms with E-state index < -0.39 is 17.2 Å². The van der Waals surface area contributed by atoms with E-state index in [4.69, 9.17) is 4.98 Å². The van der Waals surface area contributed by atoms with Gasteiger partial charge in [0.05, 0.1) is 16.4 Å². The fourth-order valence-corrected chi connectivity index (χ4v) is 6.30. The molecule has 1 unspecified atom stereocenters. The van der Waals surface area contributed by atoms with Gasteiger partial charge in [-0.1, -0.05) is 12.1 Å². The SMILES string of the molecule is CC(=O)N1CCN(c2nc3c(cc2F)c(=O)c(C(=O)NCCC2CCCN2C)c2n(C)c4ccccc4n32)CC1. The number of carbonyl (C=O) groups excluding carboxylic acids is 2. The van der Waals surface area contributed by atoms with Crippen LogP contribution in [0.25, 0.3) is 27.7 Å². The van der Waals surface area contributed by atoms with Crippen molar-refractivity contribution in [1.82, 2.24) is 29.1 Å². The smallest absolute Gasteiger partial charge is 0.259 e. The topological polar surface area (TPSA) is 95.2 Å². The van der Waals surface area contributed by atoms with Crippen molar-refractivity contribution < 1.29 is 14.0 Å². The summed E-state index contributed by atoms with van der Waals surface area (Å²) in [6.45, 7) is 4.81. The molecule has 2 amide bonds. The number of imidazole rings is 1. The summed E-state index contributed by atoms with van der Waals surface area (Å²) in [5, 5.41) is 3.01. The minimum absolute atomic E-state index is 0.0170. The van der Waals surface area contributed by atoms with Crippen LogP contribution in [0, 0.1) is 5.82 Å². The molecule has 0 bridgehead atoms. The van der Waals surface area contributed by atoms with Crippen molar-refractivity contribution in [2.45, 2.75) is 32.2 Å². The molecule has 1 N–H and O–H groups in total. The van der Waals surface area contributed by atoms with Crippen molar-refractivity contribution in [2.24, 2.45) is 7.05 Å². The molecule has 1 atom stereocenters. The molecule has 2 aliphatic rings. The Morgan fingerprint density at radius 3 is 2.48 bits per heavy atom. The zero-order valence-electron chi connectivity index (χ0n) is 23.1. The summed E-state index contributed by atoms with van der Waals surface area (Å²) in [4.78, 5) is 49.8. The summed E-state index contributed by atoms with van der Waals surface area (Å²) in [6, 6.07) is 9.21. The van der Waals surface area contributed by atoms with Gasteiger partial charge in [-0.15, -0.1) is 0 Å². The molecule has 0 radical (unpaired) electrons. The lowest BCUT2D eigenvalue weighted by Crippen LogP contribution is -2.48. The van der Waals surface area contributed by atoms with Gasteiger partial charge in [-0.2, -0.15) is 0 Å². The van der Waals surface area contributed by atoms with Crippen LogP contribution in [0.15, 0.2) is 35.1 Å². The monoisotopic (exact) mass is 547 g/mol. The van der Waals surface area contributed by atoms with Crippen LogP contribution in [-0.4, -0.2) is 87.9 Å². The number of piperazine rings is 1. The average molecular weight is 548 g/mol. The number of fused-ring (bicyclic) bond motifs is 5. The van der Waals surface area contributed by atoms with Gasteiger partial charge in [0.1, 0.15) is 11.2 Å². The van der Waals surface area contributed by atoms with Gasteiger partial charge < -0.3 is 24.6 Å². The van der Waals surface area contributed by atoms with Gasteiger partial charge in [0.15, 0.2) is 17.3 Å². The molecule has 11 heteroatoms. The molecule has 0 aliphatic carbocycles.